The molecule has 25 heavy (non-hydrogen) atoms. The normalized spacial score (nSPS) is 11.1. The Morgan fingerprint density at radius 2 is 1.76 bits per heavy atom. The number of halogens is 4. The first-order chi connectivity index (χ1) is 11.8. The van der Waals surface area contributed by atoms with Crippen LogP contribution < -0.4 is 14.8 Å². The molecule has 0 bridgehead atoms. The van der Waals surface area contributed by atoms with Gasteiger partial charge in [-0.05, 0) is 36.4 Å². The van der Waals surface area contributed by atoms with Crippen molar-refractivity contribution in [3.8, 4) is 11.5 Å². The Kier molecular flexibility index (Phi) is 5.79. The van der Waals surface area contributed by atoms with Gasteiger partial charge in [-0.1, -0.05) is 11.6 Å². The lowest BCUT2D eigenvalue weighted by atomic mass is 10.1. The molecule has 0 heterocycles. The molecule has 0 atom stereocenters. The van der Waals surface area contributed by atoms with E-state index in [0.717, 1.165) is 12.1 Å². The minimum absolute atomic E-state index is 0.144. The molecule has 0 amide bonds. The van der Waals surface area contributed by atoms with Gasteiger partial charge in [0, 0.05) is 11.3 Å². The van der Waals surface area contributed by atoms with Crippen LogP contribution in [0.3, 0.4) is 0 Å². The van der Waals surface area contributed by atoms with Gasteiger partial charge >= 0.3 is 6.18 Å². The van der Waals surface area contributed by atoms with Crippen LogP contribution in [0.1, 0.15) is 15.9 Å². The maximum absolute atomic E-state index is 12.8. The van der Waals surface area contributed by atoms with Gasteiger partial charge < -0.3 is 14.8 Å². The highest BCUT2D eigenvalue weighted by molar-refractivity contribution is 6.31. The van der Waals surface area contributed by atoms with Crippen LogP contribution in [0.15, 0.2) is 36.4 Å². The summed E-state index contributed by atoms with van der Waals surface area (Å²) < 4.78 is 48.7. The van der Waals surface area contributed by atoms with Crippen molar-refractivity contribution < 1.29 is 27.4 Å². The summed E-state index contributed by atoms with van der Waals surface area (Å²) in [5.41, 5.74) is -0.474. The van der Waals surface area contributed by atoms with Gasteiger partial charge in [0.25, 0.3) is 0 Å². The number of carbonyl (C=O) groups is 1. The van der Waals surface area contributed by atoms with Crippen LogP contribution >= 0.6 is 11.6 Å². The molecular formula is C17H15ClF3NO3. The largest absolute Gasteiger partial charge is 0.493 e. The molecule has 0 fully saturated rings. The summed E-state index contributed by atoms with van der Waals surface area (Å²) in [6.07, 6.45) is -4.57. The zero-order valence-electron chi connectivity index (χ0n) is 13.4. The Bertz CT molecular complexity index is 778. The van der Waals surface area contributed by atoms with Crippen molar-refractivity contribution in [3.05, 3.63) is 52.5 Å². The lowest BCUT2D eigenvalue weighted by molar-refractivity contribution is -0.137. The number of hydrogen-bond acceptors (Lipinski definition) is 4. The van der Waals surface area contributed by atoms with Crippen molar-refractivity contribution in [2.24, 2.45) is 0 Å². The summed E-state index contributed by atoms with van der Waals surface area (Å²) in [6, 6.07) is 8.01. The molecule has 2 aromatic carbocycles. The van der Waals surface area contributed by atoms with Crippen LogP contribution in [0.25, 0.3) is 0 Å². The average Bonchev–Trinajstić information content (AvgIpc) is 2.59. The van der Waals surface area contributed by atoms with Crippen LogP contribution in [-0.4, -0.2) is 26.5 Å². The smallest absolute Gasteiger partial charge is 0.417 e. The number of methoxy groups -OCH3 is 2. The Labute approximate surface area is 147 Å². The van der Waals surface area contributed by atoms with Gasteiger partial charge in [0.1, 0.15) is 0 Å². The van der Waals surface area contributed by atoms with Crippen molar-refractivity contribution in [1.82, 2.24) is 0 Å². The van der Waals surface area contributed by atoms with E-state index in [4.69, 9.17) is 21.1 Å². The summed E-state index contributed by atoms with van der Waals surface area (Å²) in [6.45, 7) is -0.186. The fraction of sp³-hybridized carbons (Fsp3) is 0.235. The third-order valence-corrected chi connectivity index (χ3v) is 3.76. The van der Waals surface area contributed by atoms with E-state index in [-0.39, 0.29) is 18.0 Å². The standard InChI is InChI=1S/C17H15ClF3NO3/c1-24-15-6-3-10(7-16(15)25-2)14(23)9-22-11-4-5-13(18)12(8-11)17(19,20)21/h3-8,22H,9H2,1-2H3. The predicted molar refractivity (Wildman–Crippen MR) is 88.8 cm³/mol. The lowest BCUT2D eigenvalue weighted by Gasteiger charge is -2.12. The number of nitrogens with one attached hydrogen (secondary N) is 1. The fourth-order valence-electron chi connectivity index (χ4n) is 2.15. The number of hydrogen-bond donors (Lipinski definition) is 1. The molecular weight excluding hydrogens is 359 g/mol. The van der Waals surface area contributed by atoms with Gasteiger partial charge in [-0.25, -0.2) is 0 Å². The van der Waals surface area contributed by atoms with Crippen LogP contribution in [0, 0.1) is 0 Å². The van der Waals surface area contributed by atoms with Crippen LogP contribution in [0.2, 0.25) is 5.02 Å². The van der Waals surface area contributed by atoms with Gasteiger partial charge in [-0.15, -0.1) is 0 Å². The Balaban J connectivity index is 2.13. The molecule has 0 aliphatic rings. The predicted octanol–water partition coefficient (Wildman–Crippen LogP) is 4.67. The van der Waals surface area contributed by atoms with E-state index >= 15 is 0 Å². The van der Waals surface area contributed by atoms with Crippen LogP contribution in [0.5, 0.6) is 11.5 Å². The summed E-state index contributed by atoms with van der Waals surface area (Å²) >= 11 is 5.56. The minimum Gasteiger partial charge on any atom is -0.493 e. The third kappa shape index (κ3) is 4.57. The highest BCUT2D eigenvalue weighted by Crippen LogP contribution is 2.36. The Morgan fingerprint density at radius 3 is 2.36 bits per heavy atom. The molecule has 0 spiro atoms. The Hall–Kier alpha value is -2.41. The molecule has 0 radical (unpaired) electrons. The highest BCUT2D eigenvalue weighted by Gasteiger charge is 2.33. The molecule has 8 heteroatoms. The van der Waals surface area contributed by atoms with Gasteiger partial charge in [0.05, 0.1) is 31.4 Å². The van der Waals surface area contributed by atoms with Gasteiger partial charge in [-0.3, -0.25) is 4.79 Å². The summed E-state index contributed by atoms with van der Waals surface area (Å²) in [7, 11) is 2.91. The summed E-state index contributed by atoms with van der Waals surface area (Å²) in [5.74, 6) is 0.545. The van der Waals surface area contributed by atoms with E-state index in [0.29, 0.717) is 17.1 Å². The first-order valence-corrected chi connectivity index (χ1v) is 7.50. The SMILES string of the molecule is COc1ccc(C(=O)CNc2ccc(Cl)c(C(F)(F)F)c2)cc1OC. The molecule has 0 aliphatic heterocycles. The molecule has 0 saturated heterocycles. The summed E-state index contributed by atoms with van der Waals surface area (Å²) in [5, 5.41) is 2.27. The van der Waals surface area contributed by atoms with Crippen LogP contribution in [-0.2, 0) is 6.18 Å². The highest BCUT2D eigenvalue weighted by atomic mass is 35.5. The second-order valence-corrected chi connectivity index (χ2v) is 5.45. The van der Waals surface area contributed by atoms with Crippen molar-refractivity contribution in [2.75, 3.05) is 26.1 Å². The topological polar surface area (TPSA) is 47.6 Å². The van der Waals surface area contributed by atoms with Gasteiger partial charge in [0.15, 0.2) is 17.3 Å². The van der Waals surface area contributed by atoms with E-state index in [1.165, 1.54) is 26.4 Å². The number of alkyl halides is 3. The first-order valence-electron chi connectivity index (χ1n) is 7.12. The molecule has 0 aliphatic carbocycles. The zero-order valence-corrected chi connectivity index (χ0v) is 14.2. The van der Waals surface area contributed by atoms with Gasteiger partial charge in [-0.2, -0.15) is 13.2 Å². The number of rotatable bonds is 6. The number of Topliss-reactive ketones (excluding diaryl/α,β-unsaturated/α-hetero) is 1. The first kappa shape index (κ1) is 18.9. The van der Waals surface area contributed by atoms with E-state index < -0.39 is 16.8 Å². The molecule has 0 saturated carbocycles. The number of ketones is 1. The quantitative estimate of drug-likeness (QED) is 0.747. The molecule has 1 N–H and O–H groups in total. The van der Waals surface area contributed by atoms with Crippen molar-refractivity contribution in [2.45, 2.75) is 6.18 Å². The van der Waals surface area contributed by atoms with Crippen LogP contribution in [0.4, 0.5) is 18.9 Å². The maximum Gasteiger partial charge on any atom is 0.417 e. The number of carbonyl (C=O) groups excluding carboxylic acids is 1. The lowest BCUT2D eigenvalue weighted by Crippen LogP contribution is -2.15. The van der Waals surface area contributed by atoms with E-state index in [2.05, 4.69) is 5.32 Å². The molecule has 2 aromatic rings. The van der Waals surface area contributed by atoms with Gasteiger partial charge in [0.2, 0.25) is 0 Å². The van der Waals surface area contributed by atoms with E-state index in [1.807, 2.05) is 0 Å². The maximum atomic E-state index is 12.8. The third-order valence-electron chi connectivity index (χ3n) is 3.43. The number of benzene rings is 2. The van der Waals surface area contributed by atoms with Crippen molar-refractivity contribution >= 4 is 23.1 Å². The second kappa shape index (κ2) is 7.65. The molecule has 134 valence electrons. The monoisotopic (exact) mass is 373 g/mol. The fourth-order valence-corrected chi connectivity index (χ4v) is 2.37. The van der Waals surface area contributed by atoms with Crippen molar-refractivity contribution in [3.63, 3.8) is 0 Å². The second-order valence-electron chi connectivity index (χ2n) is 5.04. The Morgan fingerprint density at radius 1 is 1.08 bits per heavy atom. The molecule has 2 rings (SSSR count). The van der Waals surface area contributed by atoms with E-state index in [9.17, 15) is 18.0 Å². The molecule has 0 unspecified atom stereocenters. The average molecular weight is 374 g/mol. The number of anilines is 1. The number of ether oxygens (including phenoxy) is 2. The molecule has 0 aromatic heterocycles. The van der Waals surface area contributed by atoms with Crippen molar-refractivity contribution in [1.29, 1.82) is 0 Å². The zero-order chi connectivity index (χ0) is 18.6. The molecule has 4 nitrogen and oxygen atoms in total. The minimum atomic E-state index is -4.57. The van der Waals surface area contributed by atoms with E-state index in [1.54, 1.807) is 12.1 Å². The summed E-state index contributed by atoms with van der Waals surface area (Å²) in [4.78, 5) is 12.2.